The number of aliphatic hydroxyl groups is 2. The van der Waals surface area contributed by atoms with Crippen molar-refractivity contribution in [1.29, 1.82) is 0 Å². The Kier molecular flexibility index (Phi) is 4.12. The van der Waals surface area contributed by atoms with Crippen LogP contribution in [0.3, 0.4) is 0 Å². The molecule has 0 saturated heterocycles. The van der Waals surface area contributed by atoms with Crippen LogP contribution in [-0.2, 0) is 4.74 Å². The molecule has 1 aliphatic heterocycles. The van der Waals surface area contributed by atoms with E-state index in [1.165, 1.54) is 0 Å². The van der Waals surface area contributed by atoms with Gasteiger partial charge in [0.1, 0.15) is 18.2 Å². The van der Waals surface area contributed by atoms with Crippen molar-refractivity contribution in [3.8, 4) is 0 Å². The summed E-state index contributed by atoms with van der Waals surface area (Å²) in [6, 6.07) is 9.22. The molecular formula is C14H17NO3. The Bertz CT molecular complexity index is 430. The number of aliphatic hydroxyl groups excluding tert-OH is 2. The molecule has 0 saturated carbocycles. The quantitative estimate of drug-likeness (QED) is 0.774. The predicted octanol–water partition coefficient (Wildman–Crippen LogP) is 1.45. The minimum atomic E-state index is -0.787. The fourth-order valence-corrected chi connectivity index (χ4v) is 1.96. The minimum absolute atomic E-state index is 0.107. The van der Waals surface area contributed by atoms with Crippen molar-refractivity contribution in [2.75, 3.05) is 6.61 Å². The molecule has 0 fully saturated rings. The fourth-order valence-electron chi connectivity index (χ4n) is 1.96. The van der Waals surface area contributed by atoms with Crippen LogP contribution in [0.1, 0.15) is 18.1 Å². The summed E-state index contributed by atoms with van der Waals surface area (Å²) >= 11 is 0. The molecule has 0 radical (unpaired) electrons. The number of benzene rings is 1. The van der Waals surface area contributed by atoms with E-state index in [9.17, 15) is 10.2 Å². The molecule has 1 aromatic carbocycles. The summed E-state index contributed by atoms with van der Waals surface area (Å²) in [5, 5.41) is 19.2. The topological polar surface area (TPSA) is 62.1 Å². The fraction of sp³-hybridized carbons (Fsp3) is 0.357. The number of nitrogens with zero attached hydrogens (tertiary/aromatic N) is 1. The highest BCUT2D eigenvalue weighted by Gasteiger charge is 2.34. The van der Waals surface area contributed by atoms with E-state index < -0.39 is 6.10 Å². The summed E-state index contributed by atoms with van der Waals surface area (Å²) in [6.07, 6.45) is 0.884. The summed E-state index contributed by atoms with van der Waals surface area (Å²) in [4.78, 5) is 4.23. The Balaban J connectivity index is 2.14. The third kappa shape index (κ3) is 2.60. The first-order chi connectivity index (χ1) is 8.76. The van der Waals surface area contributed by atoms with Crippen molar-refractivity contribution in [3.05, 3.63) is 48.6 Å². The zero-order valence-corrected chi connectivity index (χ0v) is 10.1. The number of hydrogen-bond acceptors (Lipinski definition) is 4. The van der Waals surface area contributed by atoms with Crippen LogP contribution in [0.2, 0.25) is 0 Å². The van der Waals surface area contributed by atoms with E-state index in [2.05, 4.69) is 11.6 Å². The zero-order valence-electron chi connectivity index (χ0n) is 10.1. The third-order valence-electron chi connectivity index (χ3n) is 2.88. The summed E-state index contributed by atoms with van der Waals surface area (Å²) in [6.45, 7) is 3.46. The standard InChI is InChI=1S/C14H17NO3/c1-2-6-12(17)14-15-11(9-16)13(18-14)10-7-4-3-5-8-10/h2-5,7-8,11-13,16-17H,1,6,9H2/t11-,12+,13-/m0/s1. The van der Waals surface area contributed by atoms with Gasteiger partial charge >= 0.3 is 0 Å². The van der Waals surface area contributed by atoms with Crippen molar-refractivity contribution in [2.24, 2.45) is 4.99 Å². The third-order valence-corrected chi connectivity index (χ3v) is 2.88. The summed E-state index contributed by atoms with van der Waals surface area (Å²) in [7, 11) is 0. The van der Waals surface area contributed by atoms with Crippen LogP contribution in [-0.4, -0.2) is 34.9 Å². The van der Waals surface area contributed by atoms with Gasteiger partial charge < -0.3 is 14.9 Å². The lowest BCUT2D eigenvalue weighted by Gasteiger charge is -2.17. The van der Waals surface area contributed by atoms with Crippen LogP contribution in [0.15, 0.2) is 48.0 Å². The molecule has 3 atom stereocenters. The molecular weight excluding hydrogens is 230 g/mol. The first-order valence-corrected chi connectivity index (χ1v) is 5.95. The number of hydrogen-bond donors (Lipinski definition) is 2. The molecule has 0 aliphatic carbocycles. The zero-order chi connectivity index (χ0) is 13.0. The van der Waals surface area contributed by atoms with Crippen molar-refractivity contribution in [3.63, 3.8) is 0 Å². The molecule has 1 aliphatic rings. The van der Waals surface area contributed by atoms with Gasteiger partial charge in [0.25, 0.3) is 0 Å². The van der Waals surface area contributed by atoms with Crippen LogP contribution in [0.5, 0.6) is 0 Å². The summed E-state index contributed by atoms with van der Waals surface area (Å²) in [5.41, 5.74) is 0.945. The van der Waals surface area contributed by atoms with E-state index in [1.54, 1.807) is 6.08 Å². The first kappa shape index (κ1) is 12.8. The van der Waals surface area contributed by atoms with E-state index in [-0.39, 0.29) is 24.7 Å². The van der Waals surface area contributed by atoms with Gasteiger partial charge in [0.15, 0.2) is 0 Å². The highest BCUT2D eigenvalue weighted by atomic mass is 16.5. The molecule has 0 unspecified atom stereocenters. The van der Waals surface area contributed by atoms with Gasteiger partial charge in [0.05, 0.1) is 6.61 Å². The van der Waals surface area contributed by atoms with Gasteiger partial charge in [-0.3, -0.25) is 0 Å². The monoisotopic (exact) mass is 247 g/mol. The Labute approximate surface area is 106 Å². The van der Waals surface area contributed by atoms with E-state index >= 15 is 0 Å². The van der Waals surface area contributed by atoms with Gasteiger partial charge in [-0.25, -0.2) is 4.99 Å². The Morgan fingerprint density at radius 3 is 2.72 bits per heavy atom. The van der Waals surface area contributed by atoms with E-state index in [4.69, 9.17) is 4.74 Å². The molecule has 2 N–H and O–H groups in total. The lowest BCUT2D eigenvalue weighted by atomic mass is 10.0. The Hall–Kier alpha value is -1.65. The van der Waals surface area contributed by atoms with Gasteiger partial charge in [-0.2, -0.15) is 0 Å². The smallest absolute Gasteiger partial charge is 0.214 e. The van der Waals surface area contributed by atoms with Gasteiger partial charge in [0, 0.05) is 0 Å². The molecule has 4 heteroatoms. The van der Waals surface area contributed by atoms with Crippen LogP contribution < -0.4 is 0 Å². The second-order valence-corrected chi connectivity index (χ2v) is 4.21. The predicted molar refractivity (Wildman–Crippen MR) is 69.4 cm³/mol. The van der Waals surface area contributed by atoms with Gasteiger partial charge in [-0.1, -0.05) is 36.4 Å². The van der Waals surface area contributed by atoms with Crippen LogP contribution in [0.25, 0.3) is 0 Å². The first-order valence-electron chi connectivity index (χ1n) is 5.95. The van der Waals surface area contributed by atoms with E-state index in [0.29, 0.717) is 6.42 Å². The molecule has 96 valence electrons. The molecule has 1 aromatic rings. The maximum absolute atomic E-state index is 9.82. The average molecular weight is 247 g/mol. The van der Waals surface area contributed by atoms with E-state index in [1.807, 2.05) is 30.3 Å². The molecule has 4 nitrogen and oxygen atoms in total. The normalized spacial score (nSPS) is 24.2. The molecule has 1 heterocycles. The molecule has 0 spiro atoms. The molecule has 0 amide bonds. The van der Waals surface area contributed by atoms with E-state index in [0.717, 1.165) is 5.56 Å². The molecule has 18 heavy (non-hydrogen) atoms. The lowest BCUT2D eigenvalue weighted by molar-refractivity contribution is 0.128. The minimum Gasteiger partial charge on any atom is -0.469 e. The SMILES string of the molecule is C=CC[C@@H](O)C1=N[C@@H](CO)[C@H](c2ccccc2)O1. The largest absolute Gasteiger partial charge is 0.469 e. The lowest BCUT2D eigenvalue weighted by Crippen LogP contribution is -2.21. The maximum Gasteiger partial charge on any atom is 0.214 e. The maximum atomic E-state index is 9.82. The molecule has 0 bridgehead atoms. The second-order valence-electron chi connectivity index (χ2n) is 4.21. The van der Waals surface area contributed by atoms with Crippen molar-refractivity contribution >= 4 is 5.90 Å². The number of ether oxygens (including phenoxy) is 1. The van der Waals surface area contributed by atoms with Crippen LogP contribution in [0.4, 0.5) is 0 Å². The number of rotatable bonds is 5. The van der Waals surface area contributed by atoms with Crippen molar-refractivity contribution < 1.29 is 14.9 Å². The van der Waals surface area contributed by atoms with Gasteiger partial charge in [-0.15, -0.1) is 6.58 Å². The van der Waals surface area contributed by atoms with Crippen molar-refractivity contribution in [2.45, 2.75) is 24.7 Å². The molecule has 2 rings (SSSR count). The Morgan fingerprint density at radius 1 is 1.39 bits per heavy atom. The average Bonchev–Trinajstić information content (AvgIpc) is 2.84. The van der Waals surface area contributed by atoms with Crippen LogP contribution >= 0.6 is 0 Å². The van der Waals surface area contributed by atoms with Crippen LogP contribution in [0, 0.1) is 0 Å². The number of aliphatic imine (C=N–C) groups is 1. The highest BCUT2D eigenvalue weighted by Crippen LogP contribution is 2.30. The summed E-state index contributed by atoms with van der Waals surface area (Å²) < 4.78 is 5.66. The highest BCUT2D eigenvalue weighted by molar-refractivity contribution is 5.82. The molecule has 0 aromatic heterocycles. The summed E-state index contributed by atoms with van der Waals surface area (Å²) in [5.74, 6) is 0.280. The van der Waals surface area contributed by atoms with Crippen molar-refractivity contribution in [1.82, 2.24) is 0 Å². The Morgan fingerprint density at radius 2 is 2.11 bits per heavy atom. The van der Waals surface area contributed by atoms with Gasteiger partial charge in [-0.05, 0) is 12.0 Å². The second kappa shape index (κ2) is 5.80. The van der Waals surface area contributed by atoms with Gasteiger partial charge in [0.2, 0.25) is 5.90 Å².